The molecule has 0 saturated carbocycles. The van der Waals surface area contributed by atoms with Crippen molar-refractivity contribution in [1.82, 2.24) is 15.1 Å². The molecule has 3 amide bonds. The van der Waals surface area contributed by atoms with Gasteiger partial charge < -0.3 is 20.4 Å². The summed E-state index contributed by atoms with van der Waals surface area (Å²) in [6.07, 6.45) is 2.49. The van der Waals surface area contributed by atoms with E-state index in [9.17, 15) is 9.59 Å². The van der Waals surface area contributed by atoms with Gasteiger partial charge in [-0.15, -0.1) is 0 Å². The first-order chi connectivity index (χ1) is 11.5. The highest BCUT2D eigenvalue weighted by atomic mass is 16.2. The van der Waals surface area contributed by atoms with E-state index in [0.29, 0.717) is 17.8 Å². The summed E-state index contributed by atoms with van der Waals surface area (Å²) in [6, 6.07) is 6.86. The number of urea groups is 1. The average Bonchev–Trinajstić information content (AvgIpc) is 3.05. The van der Waals surface area contributed by atoms with Crippen molar-refractivity contribution in [3.05, 3.63) is 29.8 Å². The van der Waals surface area contributed by atoms with Crippen LogP contribution in [-0.2, 0) is 0 Å². The molecule has 6 heteroatoms. The monoisotopic (exact) mass is 332 g/mol. The first-order valence-electron chi connectivity index (χ1n) is 8.61. The van der Waals surface area contributed by atoms with Gasteiger partial charge in [-0.05, 0) is 51.9 Å². The molecule has 1 fully saturated rings. The van der Waals surface area contributed by atoms with E-state index >= 15 is 0 Å². The summed E-state index contributed by atoms with van der Waals surface area (Å²) < 4.78 is 0. The number of likely N-dealkylation sites (N-methyl/N-ethyl adjacent to an activating group) is 1. The van der Waals surface area contributed by atoms with Crippen molar-refractivity contribution in [2.75, 3.05) is 38.5 Å². The molecule has 1 aromatic rings. The molecule has 0 aliphatic carbocycles. The van der Waals surface area contributed by atoms with Gasteiger partial charge in [-0.2, -0.15) is 0 Å². The van der Waals surface area contributed by atoms with Gasteiger partial charge in [-0.1, -0.05) is 12.1 Å². The standard InChI is InChI=1S/C18H28N4O2/c1-14(2)19-18(24)20-16-9-5-4-8-15(16)17(23)21(3)12-13-22-10-6-7-11-22/h4-5,8-9,14H,6-7,10-13H2,1-3H3,(H2,19,20,24). The Labute approximate surface area is 144 Å². The fraction of sp³-hybridized carbons (Fsp3) is 0.556. The number of anilines is 1. The molecule has 1 heterocycles. The average molecular weight is 332 g/mol. The van der Waals surface area contributed by atoms with Crippen LogP contribution in [0.3, 0.4) is 0 Å². The number of hydrogen-bond donors (Lipinski definition) is 2. The molecule has 1 aromatic carbocycles. The lowest BCUT2D eigenvalue weighted by atomic mass is 10.1. The highest BCUT2D eigenvalue weighted by Crippen LogP contribution is 2.17. The van der Waals surface area contributed by atoms with Crippen molar-refractivity contribution in [3.8, 4) is 0 Å². The summed E-state index contributed by atoms with van der Waals surface area (Å²) in [6.45, 7) is 7.60. The Morgan fingerprint density at radius 1 is 1.21 bits per heavy atom. The quantitative estimate of drug-likeness (QED) is 0.841. The topological polar surface area (TPSA) is 64.7 Å². The Kier molecular flexibility index (Phi) is 6.61. The molecule has 2 N–H and O–H groups in total. The smallest absolute Gasteiger partial charge is 0.319 e. The van der Waals surface area contributed by atoms with Crippen molar-refractivity contribution in [2.24, 2.45) is 0 Å². The van der Waals surface area contributed by atoms with E-state index in [1.54, 1.807) is 17.0 Å². The van der Waals surface area contributed by atoms with Crippen LogP contribution in [0.15, 0.2) is 24.3 Å². The molecule has 0 spiro atoms. The minimum absolute atomic E-state index is 0.0380. The largest absolute Gasteiger partial charge is 0.340 e. The van der Waals surface area contributed by atoms with Crippen LogP contribution in [0, 0.1) is 0 Å². The van der Waals surface area contributed by atoms with Gasteiger partial charge in [0.15, 0.2) is 0 Å². The van der Waals surface area contributed by atoms with Gasteiger partial charge in [0.2, 0.25) is 0 Å². The minimum Gasteiger partial charge on any atom is -0.340 e. The first kappa shape index (κ1) is 18.3. The molecule has 24 heavy (non-hydrogen) atoms. The fourth-order valence-electron chi connectivity index (χ4n) is 2.80. The van der Waals surface area contributed by atoms with Crippen LogP contribution in [-0.4, -0.2) is 61.0 Å². The number of carbonyl (C=O) groups excluding carboxylic acids is 2. The number of benzene rings is 1. The second-order valence-electron chi connectivity index (χ2n) is 6.57. The van der Waals surface area contributed by atoms with Gasteiger partial charge >= 0.3 is 6.03 Å². The molecule has 0 bridgehead atoms. The lowest BCUT2D eigenvalue weighted by Crippen LogP contribution is -2.37. The fourth-order valence-corrected chi connectivity index (χ4v) is 2.80. The van der Waals surface area contributed by atoms with Crippen LogP contribution in [0.2, 0.25) is 0 Å². The van der Waals surface area contributed by atoms with E-state index in [0.717, 1.165) is 19.6 Å². The van der Waals surface area contributed by atoms with E-state index < -0.39 is 0 Å². The molecule has 1 saturated heterocycles. The molecular formula is C18H28N4O2. The third-order valence-electron chi connectivity index (χ3n) is 4.12. The van der Waals surface area contributed by atoms with E-state index in [-0.39, 0.29) is 18.0 Å². The molecular weight excluding hydrogens is 304 g/mol. The van der Waals surface area contributed by atoms with Crippen LogP contribution in [0.4, 0.5) is 10.5 Å². The molecule has 132 valence electrons. The van der Waals surface area contributed by atoms with Crippen LogP contribution < -0.4 is 10.6 Å². The number of nitrogens with one attached hydrogen (secondary N) is 2. The Morgan fingerprint density at radius 3 is 2.54 bits per heavy atom. The predicted molar refractivity (Wildman–Crippen MR) is 96.4 cm³/mol. The maximum atomic E-state index is 12.7. The summed E-state index contributed by atoms with van der Waals surface area (Å²) in [5, 5.41) is 5.53. The van der Waals surface area contributed by atoms with Crippen molar-refractivity contribution < 1.29 is 9.59 Å². The summed E-state index contributed by atoms with van der Waals surface area (Å²) in [5.41, 5.74) is 1.05. The Balaban J connectivity index is 1.98. The van der Waals surface area contributed by atoms with Gasteiger partial charge in [0, 0.05) is 26.2 Å². The Hall–Kier alpha value is -2.08. The third kappa shape index (κ3) is 5.23. The van der Waals surface area contributed by atoms with E-state index in [1.165, 1.54) is 12.8 Å². The molecule has 0 aromatic heterocycles. The molecule has 0 radical (unpaired) electrons. The maximum absolute atomic E-state index is 12.7. The zero-order valence-electron chi connectivity index (χ0n) is 14.8. The van der Waals surface area contributed by atoms with Gasteiger partial charge in [-0.3, -0.25) is 4.79 Å². The SMILES string of the molecule is CC(C)NC(=O)Nc1ccccc1C(=O)N(C)CCN1CCCC1. The van der Waals surface area contributed by atoms with E-state index in [1.807, 2.05) is 33.0 Å². The molecule has 0 unspecified atom stereocenters. The number of para-hydroxylation sites is 1. The molecule has 2 rings (SSSR count). The summed E-state index contributed by atoms with van der Waals surface area (Å²) in [5.74, 6) is -0.0744. The minimum atomic E-state index is -0.301. The van der Waals surface area contributed by atoms with Crippen molar-refractivity contribution >= 4 is 17.6 Å². The second kappa shape index (κ2) is 8.68. The number of nitrogens with zero attached hydrogens (tertiary/aromatic N) is 2. The zero-order chi connectivity index (χ0) is 17.5. The van der Waals surface area contributed by atoms with Crippen molar-refractivity contribution in [3.63, 3.8) is 0 Å². The maximum Gasteiger partial charge on any atom is 0.319 e. The number of hydrogen-bond acceptors (Lipinski definition) is 3. The normalized spacial score (nSPS) is 14.7. The number of likely N-dealkylation sites (tertiary alicyclic amines) is 1. The molecule has 0 atom stereocenters. The Bertz CT molecular complexity index is 568. The van der Waals surface area contributed by atoms with Gasteiger partial charge in [0.25, 0.3) is 5.91 Å². The van der Waals surface area contributed by atoms with Gasteiger partial charge in [0.1, 0.15) is 0 Å². The lowest BCUT2D eigenvalue weighted by Gasteiger charge is -2.22. The molecule has 1 aliphatic heterocycles. The highest BCUT2D eigenvalue weighted by molar-refractivity contribution is 6.03. The Morgan fingerprint density at radius 2 is 1.88 bits per heavy atom. The summed E-state index contributed by atoms with van der Waals surface area (Å²) in [7, 11) is 1.81. The van der Waals surface area contributed by atoms with E-state index in [2.05, 4.69) is 15.5 Å². The summed E-state index contributed by atoms with van der Waals surface area (Å²) in [4.78, 5) is 28.7. The van der Waals surface area contributed by atoms with Crippen molar-refractivity contribution in [2.45, 2.75) is 32.7 Å². The first-order valence-corrected chi connectivity index (χ1v) is 8.61. The number of carbonyl (C=O) groups is 2. The van der Waals surface area contributed by atoms with Crippen LogP contribution in [0.1, 0.15) is 37.0 Å². The zero-order valence-corrected chi connectivity index (χ0v) is 14.8. The van der Waals surface area contributed by atoms with Crippen LogP contribution in [0.5, 0.6) is 0 Å². The van der Waals surface area contributed by atoms with Crippen LogP contribution in [0.25, 0.3) is 0 Å². The predicted octanol–water partition coefficient (Wildman–Crippen LogP) is 2.38. The highest BCUT2D eigenvalue weighted by Gasteiger charge is 2.18. The van der Waals surface area contributed by atoms with Crippen molar-refractivity contribution in [1.29, 1.82) is 0 Å². The second-order valence-corrected chi connectivity index (χ2v) is 6.57. The number of rotatable bonds is 6. The summed E-state index contributed by atoms with van der Waals surface area (Å²) >= 11 is 0. The van der Waals surface area contributed by atoms with Crippen LogP contribution >= 0.6 is 0 Å². The molecule has 1 aliphatic rings. The third-order valence-corrected chi connectivity index (χ3v) is 4.12. The molecule has 6 nitrogen and oxygen atoms in total. The van der Waals surface area contributed by atoms with Gasteiger partial charge in [0.05, 0.1) is 11.3 Å². The van der Waals surface area contributed by atoms with Gasteiger partial charge in [-0.25, -0.2) is 4.79 Å². The lowest BCUT2D eigenvalue weighted by molar-refractivity contribution is 0.0783. The number of amides is 3. The van der Waals surface area contributed by atoms with E-state index in [4.69, 9.17) is 0 Å².